The van der Waals surface area contributed by atoms with Gasteiger partial charge in [0.05, 0.1) is 18.0 Å². The molecule has 0 radical (unpaired) electrons. The number of halogens is 1. The normalized spacial score (nSPS) is 10.8. The van der Waals surface area contributed by atoms with Gasteiger partial charge in [0.15, 0.2) is 5.16 Å². The van der Waals surface area contributed by atoms with Crippen LogP contribution >= 0.6 is 11.8 Å². The Morgan fingerprint density at radius 2 is 2.00 bits per heavy atom. The van der Waals surface area contributed by atoms with Gasteiger partial charge in [-0.25, -0.2) is 9.37 Å². The maximum absolute atomic E-state index is 13.4. The zero-order chi connectivity index (χ0) is 20.1. The van der Waals surface area contributed by atoms with Crippen molar-refractivity contribution in [3.05, 3.63) is 58.6 Å². The SMILES string of the molecule is CCn1c(SCCC(=O)Nc2ccc(OC)cc2)nc2ccc(F)cc2c1=O. The van der Waals surface area contributed by atoms with Gasteiger partial charge < -0.3 is 10.1 Å². The number of amides is 1. The molecule has 0 aliphatic rings. The summed E-state index contributed by atoms with van der Waals surface area (Å²) in [6.45, 7) is 2.24. The Morgan fingerprint density at radius 3 is 2.68 bits per heavy atom. The molecule has 3 rings (SSSR count). The van der Waals surface area contributed by atoms with Crippen molar-refractivity contribution in [2.24, 2.45) is 0 Å². The number of rotatable bonds is 7. The summed E-state index contributed by atoms with van der Waals surface area (Å²) in [6.07, 6.45) is 0.262. The van der Waals surface area contributed by atoms with E-state index in [-0.39, 0.29) is 23.3 Å². The predicted molar refractivity (Wildman–Crippen MR) is 109 cm³/mol. The first-order chi connectivity index (χ1) is 13.5. The number of methoxy groups -OCH3 is 1. The third-order valence-corrected chi connectivity index (χ3v) is 5.11. The molecular formula is C20H20FN3O3S. The van der Waals surface area contributed by atoms with Crippen LogP contribution in [-0.2, 0) is 11.3 Å². The highest BCUT2D eigenvalue weighted by Crippen LogP contribution is 2.20. The molecule has 2 aromatic carbocycles. The van der Waals surface area contributed by atoms with Crippen LogP contribution in [0.2, 0.25) is 0 Å². The standard InChI is InChI=1S/C20H20FN3O3S/c1-3-24-19(26)16-12-13(21)4-9-17(16)23-20(24)28-11-10-18(25)22-14-5-7-15(27-2)8-6-14/h4-9,12H,3,10-11H2,1-2H3,(H,22,25). The molecule has 8 heteroatoms. The van der Waals surface area contributed by atoms with Crippen LogP contribution < -0.4 is 15.6 Å². The van der Waals surface area contributed by atoms with Crippen LogP contribution in [0.1, 0.15) is 13.3 Å². The Kier molecular flexibility index (Phi) is 6.30. The molecule has 0 aliphatic heterocycles. The summed E-state index contributed by atoms with van der Waals surface area (Å²) in [4.78, 5) is 29.2. The average molecular weight is 401 g/mol. The minimum atomic E-state index is -0.468. The highest BCUT2D eigenvalue weighted by Gasteiger charge is 2.12. The Bertz CT molecular complexity index is 1050. The van der Waals surface area contributed by atoms with Crippen molar-refractivity contribution < 1.29 is 13.9 Å². The van der Waals surface area contributed by atoms with Gasteiger partial charge >= 0.3 is 0 Å². The number of nitrogens with zero attached hydrogens (tertiary/aromatic N) is 2. The molecule has 146 valence electrons. The summed E-state index contributed by atoms with van der Waals surface area (Å²) in [5.41, 5.74) is 0.852. The maximum atomic E-state index is 13.4. The van der Waals surface area contributed by atoms with Crippen LogP contribution in [0.15, 0.2) is 52.4 Å². The largest absolute Gasteiger partial charge is 0.497 e. The van der Waals surface area contributed by atoms with E-state index in [1.807, 2.05) is 6.92 Å². The summed E-state index contributed by atoms with van der Waals surface area (Å²) >= 11 is 1.33. The topological polar surface area (TPSA) is 73.2 Å². The van der Waals surface area contributed by atoms with Gasteiger partial charge in [-0.1, -0.05) is 11.8 Å². The average Bonchev–Trinajstić information content (AvgIpc) is 2.69. The monoisotopic (exact) mass is 401 g/mol. The van der Waals surface area contributed by atoms with E-state index in [0.29, 0.717) is 34.4 Å². The molecule has 0 fully saturated rings. The van der Waals surface area contributed by atoms with Gasteiger partial charge in [-0.15, -0.1) is 0 Å². The number of anilines is 1. The molecule has 1 heterocycles. The zero-order valence-electron chi connectivity index (χ0n) is 15.6. The lowest BCUT2D eigenvalue weighted by Crippen LogP contribution is -2.23. The molecule has 0 aliphatic carbocycles. The van der Waals surface area contributed by atoms with E-state index < -0.39 is 5.82 Å². The molecule has 0 saturated carbocycles. The van der Waals surface area contributed by atoms with Crippen LogP contribution in [0.4, 0.5) is 10.1 Å². The fourth-order valence-electron chi connectivity index (χ4n) is 2.69. The maximum Gasteiger partial charge on any atom is 0.262 e. The number of aromatic nitrogens is 2. The smallest absolute Gasteiger partial charge is 0.262 e. The molecule has 0 saturated heterocycles. The number of hydrogen-bond donors (Lipinski definition) is 1. The van der Waals surface area contributed by atoms with Gasteiger partial charge in [0, 0.05) is 24.4 Å². The quantitative estimate of drug-likeness (QED) is 0.483. The number of benzene rings is 2. The molecule has 28 heavy (non-hydrogen) atoms. The summed E-state index contributed by atoms with van der Waals surface area (Å²) in [7, 11) is 1.58. The van der Waals surface area contributed by atoms with Crippen LogP contribution in [0.5, 0.6) is 5.75 Å². The summed E-state index contributed by atoms with van der Waals surface area (Å²) in [5.74, 6) is 0.574. The van der Waals surface area contributed by atoms with E-state index in [1.54, 1.807) is 31.4 Å². The van der Waals surface area contributed by atoms with Crippen molar-refractivity contribution in [2.75, 3.05) is 18.2 Å². The van der Waals surface area contributed by atoms with Gasteiger partial charge in [0.1, 0.15) is 11.6 Å². The molecule has 0 bridgehead atoms. The van der Waals surface area contributed by atoms with Gasteiger partial charge in [0.2, 0.25) is 5.91 Å². The van der Waals surface area contributed by atoms with E-state index in [9.17, 15) is 14.0 Å². The Morgan fingerprint density at radius 1 is 1.25 bits per heavy atom. The fraction of sp³-hybridized carbons (Fsp3) is 0.250. The molecule has 0 spiro atoms. The molecule has 1 amide bonds. The number of thioether (sulfide) groups is 1. The lowest BCUT2D eigenvalue weighted by atomic mass is 10.2. The first kappa shape index (κ1) is 19.9. The second-order valence-electron chi connectivity index (χ2n) is 5.98. The number of carbonyl (C=O) groups is 1. The molecule has 1 aromatic heterocycles. The number of carbonyl (C=O) groups excluding carboxylic acids is 1. The van der Waals surface area contributed by atoms with Crippen molar-refractivity contribution in [3.8, 4) is 5.75 Å². The Balaban J connectivity index is 1.66. The first-order valence-corrected chi connectivity index (χ1v) is 9.77. The van der Waals surface area contributed by atoms with E-state index in [4.69, 9.17) is 4.74 Å². The Hall–Kier alpha value is -2.87. The molecule has 0 unspecified atom stereocenters. The van der Waals surface area contributed by atoms with Crippen LogP contribution in [-0.4, -0.2) is 28.3 Å². The van der Waals surface area contributed by atoms with Crippen LogP contribution in [0, 0.1) is 5.82 Å². The summed E-state index contributed by atoms with van der Waals surface area (Å²) in [6, 6.07) is 11.0. The van der Waals surface area contributed by atoms with Gasteiger partial charge in [-0.05, 0) is 49.4 Å². The van der Waals surface area contributed by atoms with Crippen LogP contribution in [0.3, 0.4) is 0 Å². The number of ether oxygens (including phenoxy) is 1. The number of fused-ring (bicyclic) bond motifs is 1. The third kappa shape index (κ3) is 4.51. The van der Waals surface area contributed by atoms with Crippen molar-refractivity contribution in [1.29, 1.82) is 0 Å². The summed E-state index contributed by atoms with van der Waals surface area (Å²) < 4.78 is 20.0. The zero-order valence-corrected chi connectivity index (χ0v) is 16.4. The minimum Gasteiger partial charge on any atom is -0.497 e. The van der Waals surface area contributed by atoms with Crippen molar-refractivity contribution in [1.82, 2.24) is 9.55 Å². The minimum absolute atomic E-state index is 0.133. The molecule has 0 atom stereocenters. The second-order valence-corrected chi connectivity index (χ2v) is 7.04. The van der Waals surface area contributed by atoms with Gasteiger partial charge in [0.25, 0.3) is 5.56 Å². The van der Waals surface area contributed by atoms with Crippen LogP contribution in [0.25, 0.3) is 10.9 Å². The fourth-order valence-corrected chi connectivity index (χ4v) is 3.70. The van der Waals surface area contributed by atoms with Gasteiger partial charge in [-0.2, -0.15) is 0 Å². The molecule has 6 nitrogen and oxygen atoms in total. The highest BCUT2D eigenvalue weighted by atomic mass is 32.2. The van der Waals surface area contributed by atoms with Crippen molar-refractivity contribution in [3.63, 3.8) is 0 Å². The van der Waals surface area contributed by atoms with Gasteiger partial charge in [-0.3, -0.25) is 14.2 Å². The molecular weight excluding hydrogens is 381 g/mol. The number of nitrogens with one attached hydrogen (secondary N) is 1. The van der Waals surface area contributed by atoms with E-state index in [1.165, 1.54) is 34.5 Å². The lowest BCUT2D eigenvalue weighted by Gasteiger charge is -2.11. The van der Waals surface area contributed by atoms with Crippen molar-refractivity contribution >= 4 is 34.3 Å². The van der Waals surface area contributed by atoms with E-state index >= 15 is 0 Å². The second kappa shape index (κ2) is 8.88. The van der Waals surface area contributed by atoms with E-state index in [2.05, 4.69) is 10.3 Å². The third-order valence-electron chi connectivity index (χ3n) is 4.13. The lowest BCUT2D eigenvalue weighted by molar-refractivity contribution is -0.115. The molecule has 1 N–H and O–H groups in total. The van der Waals surface area contributed by atoms with Crippen molar-refractivity contribution in [2.45, 2.75) is 25.0 Å². The Labute approximate surface area is 165 Å². The number of hydrogen-bond acceptors (Lipinski definition) is 5. The first-order valence-electron chi connectivity index (χ1n) is 8.78. The van der Waals surface area contributed by atoms with E-state index in [0.717, 1.165) is 0 Å². The highest BCUT2D eigenvalue weighted by molar-refractivity contribution is 7.99. The molecule has 3 aromatic rings. The summed E-state index contributed by atoms with van der Waals surface area (Å²) in [5, 5.41) is 3.59. The predicted octanol–water partition coefficient (Wildman–Crippen LogP) is 3.69.